The first-order chi connectivity index (χ1) is 17.0. The second-order valence-corrected chi connectivity index (χ2v) is 8.34. The Bertz CT molecular complexity index is 1510. The highest BCUT2D eigenvalue weighted by atomic mass is 19.1. The van der Waals surface area contributed by atoms with Gasteiger partial charge >= 0.3 is 0 Å². The van der Waals surface area contributed by atoms with Gasteiger partial charge in [0.1, 0.15) is 5.82 Å². The summed E-state index contributed by atoms with van der Waals surface area (Å²) in [7, 11) is 0. The average Bonchev–Trinajstić information content (AvgIpc) is 3.30. The van der Waals surface area contributed by atoms with Crippen molar-refractivity contribution in [1.82, 2.24) is 29.5 Å². The van der Waals surface area contributed by atoms with Gasteiger partial charge in [0.25, 0.3) is 0 Å². The molecule has 0 saturated carbocycles. The highest BCUT2D eigenvalue weighted by Gasteiger charge is 2.21. The molecule has 0 aliphatic rings. The van der Waals surface area contributed by atoms with Crippen molar-refractivity contribution in [2.75, 3.05) is 5.73 Å². The third kappa shape index (κ3) is 4.74. The molecular formula is C26H23FN8. The lowest BCUT2D eigenvalue weighted by Gasteiger charge is -2.18. The van der Waals surface area contributed by atoms with E-state index in [0.29, 0.717) is 29.9 Å². The standard InChI is InChI=1S/C26H23FN8/c1-16(12-19(28)13-20-14-31-21-4-2-3-5-22(21)33-20)35-15-32-24(17-6-8-18(27)9-7-17)25(35)23-10-11-30-26(29)34-23/h2-11,14-16,28H,12-13H2,1H3,(H2,29,30,34). The lowest BCUT2D eigenvalue weighted by Crippen LogP contribution is -2.14. The number of nitrogen functional groups attached to an aromatic ring is 1. The molecule has 5 aromatic rings. The zero-order valence-corrected chi connectivity index (χ0v) is 19.1. The van der Waals surface area contributed by atoms with E-state index in [0.717, 1.165) is 28.0 Å². The molecule has 3 heterocycles. The molecule has 35 heavy (non-hydrogen) atoms. The summed E-state index contributed by atoms with van der Waals surface area (Å²) in [5.41, 5.74) is 11.5. The number of benzene rings is 2. The number of fused-ring (bicyclic) bond motifs is 1. The smallest absolute Gasteiger partial charge is 0.220 e. The Balaban J connectivity index is 1.44. The fraction of sp³-hybridized carbons (Fsp3) is 0.154. The number of nitrogens with two attached hydrogens (primary N) is 1. The first-order valence-electron chi connectivity index (χ1n) is 11.2. The van der Waals surface area contributed by atoms with Gasteiger partial charge in [-0.15, -0.1) is 0 Å². The van der Waals surface area contributed by atoms with Crippen molar-refractivity contribution in [1.29, 1.82) is 5.41 Å². The summed E-state index contributed by atoms with van der Waals surface area (Å²) < 4.78 is 15.5. The molecule has 5 rings (SSSR count). The molecule has 0 fully saturated rings. The van der Waals surface area contributed by atoms with Crippen LogP contribution in [-0.4, -0.2) is 35.2 Å². The quantitative estimate of drug-likeness (QED) is 0.330. The number of aromatic nitrogens is 6. The first-order valence-corrected chi connectivity index (χ1v) is 11.2. The number of halogens is 1. The molecule has 0 aliphatic heterocycles. The molecule has 3 aromatic heterocycles. The zero-order chi connectivity index (χ0) is 24.4. The Kier molecular flexibility index (Phi) is 5.97. The predicted octanol–water partition coefficient (Wildman–Crippen LogP) is 4.89. The maximum Gasteiger partial charge on any atom is 0.220 e. The van der Waals surface area contributed by atoms with E-state index >= 15 is 0 Å². The summed E-state index contributed by atoms with van der Waals surface area (Å²) in [6, 6.07) is 15.5. The van der Waals surface area contributed by atoms with Crippen LogP contribution < -0.4 is 5.73 Å². The minimum atomic E-state index is -0.320. The van der Waals surface area contributed by atoms with Gasteiger partial charge in [0.15, 0.2) is 0 Å². The molecule has 0 bridgehead atoms. The SMILES string of the molecule is CC(CC(=N)Cc1cnc2ccccc2n1)n1cnc(-c2ccc(F)cc2)c1-c1ccnc(N)n1. The van der Waals surface area contributed by atoms with E-state index in [2.05, 4.69) is 24.9 Å². The monoisotopic (exact) mass is 466 g/mol. The van der Waals surface area contributed by atoms with Gasteiger partial charge < -0.3 is 15.7 Å². The Hall–Kier alpha value is -4.53. The summed E-state index contributed by atoms with van der Waals surface area (Å²) in [5, 5.41) is 8.63. The molecule has 0 spiro atoms. The largest absolute Gasteiger partial charge is 0.368 e. The predicted molar refractivity (Wildman–Crippen MR) is 133 cm³/mol. The lowest BCUT2D eigenvalue weighted by atomic mass is 10.0. The van der Waals surface area contributed by atoms with E-state index in [1.165, 1.54) is 12.1 Å². The van der Waals surface area contributed by atoms with Crippen molar-refractivity contribution in [2.45, 2.75) is 25.8 Å². The molecule has 0 amide bonds. The number of para-hydroxylation sites is 2. The third-order valence-electron chi connectivity index (χ3n) is 5.74. The van der Waals surface area contributed by atoms with E-state index < -0.39 is 0 Å². The fourth-order valence-electron chi connectivity index (χ4n) is 4.10. The van der Waals surface area contributed by atoms with Crippen LogP contribution in [0.1, 0.15) is 25.1 Å². The summed E-state index contributed by atoms with van der Waals surface area (Å²) in [6.45, 7) is 2.02. The normalized spacial score (nSPS) is 12.1. The lowest BCUT2D eigenvalue weighted by molar-refractivity contribution is 0.568. The van der Waals surface area contributed by atoms with Crippen molar-refractivity contribution in [2.24, 2.45) is 0 Å². The Labute approximate surface area is 201 Å². The first kappa shape index (κ1) is 22.3. The van der Waals surface area contributed by atoms with Crippen LogP contribution >= 0.6 is 0 Å². The van der Waals surface area contributed by atoms with Crippen molar-refractivity contribution < 1.29 is 4.39 Å². The molecule has 3 N–H and O–H groups in total. The molecule has 8 nitrogen and oxygen atoms in total. The van der Waals surface area contributed by atoms with Crippen molar-refractivity contribution in [3.8, 4) is 22.6 Å². The number of hydrogen-bond donors (Lipinski definition) is 2. The molecule has 1 atom stereocenters. The summed E-state index contributed by atoms with van der Waals surface area (Å²) in [4.78, 5) is 22.1. The average molecular weight is 467 g/mol. The Morgan fingerprint density at radius 1 is 1.00 bits per heavy atom. The highest BCUT2D eigenvalue weighted by molar-refractivity contribution is 5.84. The number of rotatable bonds is 7. The van der Waals surface area contributed by atoms with Crippen LogP contribution in [0.3, 0.4) is 0 Å². The van der Waals surface area contributed by atoms with E-state index in [-0.39, 0.29) is 17.8 Å². The molecule has 2 aromatic carbocycles. The van der Waals surface area contributed by atoms with Gasteiger partial charge in [0, 0.05) is 42.6 Å². The maximum absolute atomic E-state index is 13.5. The summed E-state index contributed by atoms with van der Waals surface area (Å²) in [6.07, 6.45) is 5.91. The van der Waals surface area contributed by atoms with Crippen molar-refractivity contribution in [3.63, 3.8) is 0 Å². The molecule has 1 unspecified atom stereocenters. The van der Waals surface area contributed by atoms with Crippen LogP contribution in [0.5, 0.6) is 0 Å². The van der Waals surface area contributed by atoms with Gasteiger partial charge in [-0.05, 0) is 49.4 Å². The number of imidazole rings is 1. The van der Waals surface area contributed by atoms with Gasteiger partial charge in [-0.2, -0.15) is 0 Å². The second-order valence-electron chi connectivity index (χ2n) is 8.34. The van der Waals surface area contributed by atoms with Crippen LogP contribution in [0.25, 0.3) is 33.7 Å². The summed E-state index contributed by atoms with van der Waals surface area (Å²) in [5.74, 6) is -0.171. The van der Waals surface area contributed by atoms with Crippen LogP contribution in [0.15, 0.2) is 73.3 Å². The molecular weight excluding hydrogens is 443 g/mol. The number of anilines is 1. The van der Waals surface area contributed by atoms with E-state index in [1.54, 1.807) is 36.9 Å². The minimum Gasteiger partial charge on any atom is -0.368 e. The summed E-state index contributed by atoms with van der Waals surface area (Å²) >= 11 is 0. The van der Waals surface area contributed by atoms with Crippen LogP contribution in [0, 0.1) is 11.2 Å². The van der Waals surface area contributed by atoms with Gasteiger partial charge in [-0.25, -0.2) is 24.3 Å². The van der Waals surface area contributed by atoms with Crippen LogP contribution in [-0.2, 0) is 6.42 Å². The third-order valence-corrected chi connectivity index (χ3v) is 5.74. The van der Waals surface area contributed by atoms with Gasteiger partial charge in [0.2, 0.25) is 5.95 Å². The molecule has 174 valence electrons. The van der Waals surface area contributed by atoms with Crippen molar-refractivity contribution >= 4 is 22.7 Å². The number of nitrogens with zero attached hydrogens (tertiary/aromatic N) is 6. The highest BCUT2D eigenvalue weighted by Crippen LogP contribution is 2.33. The van der Waals surface area contributed by atoms with Crippen molar-refractivity contribution in [3.05, 3.63) is 84.8 Å². The zero-order valence-electron chi connectivity index (χ0n) is 19.1. The second kappa shape index (κ2) is 9.38. The molecule has 0 radical (unpaired) electrons. The number of nitrogens with one attached hydrogen (secondary N) is 1. The molecule has 0 saturated heterocycles. The van der Waals surface area contributed by atoms with Gasteiger partial charge in [-0.1, -0.05) is 12.1 Å². The van der Waals surface area contributed by atoms with Crippen LogP contribution in [0.4, 0.5) is 10.3 Å². The van der Waals surface area contributed by atoms with E-state index in [9.17, 15) is 4.39 Å². The molecule has 9 heteroatoms. The maximum atomic E-state index is 13.5. The topological polar surface area (TPSA) is 119 Å². The van der Waals surface area contributed by atoms with E-state index in [1.807, 2.05) is 35.8 Å². The molecule has 0 aliphatic carbocycles. The Morgan fingerprint density at radius 2 is 1.77 bits per heavy atom. The van der Waals surface area contributed by atoms with Gasteiger partial charge in [-0.3, -0.25) is 4.98 Å². The fourth-order valence-corrected chi connectivity index (χ4v) is 4.10. The van der Waals surface area contributed by atoms with E-state index in [4.69, 9.17) is 11.1 Å². The van der Waals surface area contributed by atoms with Gasteiger partial charge in [0.05, 0.1) is 40.1 Å². The Morgan fingerprint density at radius 3 is 2.54 bits per heavy atom. The van der Waals surface area contributed by atoms with Crippen LogP contribution in [0.2, 0.25) is 0 Å². The number of hydrogen-bond acceptors (Lipinski definition) is 7. The minimum absolute atomic E-state index is 0.108.